The summed E-state index contributed by atoms with van der Waals surface area (Å²) >= 11 is 0. The van der Waals surface area contributed by atoms with E-state index in [1.165, 1.54) is 6.07 Å². The lowest BCUT2D eigenvalue weighted by Gasteiger charge is -2.30. The Morgan fingerprint density at radius 1 is 1.25 bits per heavy atom. The van der Waals surface area contributed by atoms with Crippen LogP contribution in [0.25, 0.3) is 0 Å². The van der Waals surface area contributed by atoms with Crippen LogP contribution < -0.4 is 15.1 Å². The zero-order chi connectivity index (χ0) is 20.3. The van der Waals surface area contributed by atoms with Crippen LogP contribution in [0, 0.1) is 11.6 Å². The van der Waals surface area contributed by atoms with Crippen molar-refractivity contribution in [3.05, 3.63) is 47.2 Å². The predicted octanol–water partition coefficient (Wildman–Crippen LogP) is 1.98. The number of halogens is 2. The molecule has 0 radical (unpaired) electrons. The largest absolute Gasteiger partial charge is 0.478 e. The van der Waals surface area contributed by atoms with Crippen molar-refractivity contribution < 1.29 is 23.5 Å². The monoisotopic (exact) mass is 392 g/mol. The fraction of sp³-hybridized carbons (Fsp3) is 0.333. The Morgan fingerprint density at radius 2 is 2.04 bits per heavy atom. The number of benzene rings is 1. The maximum absolute atomic E-state index is 13.8. The molecule has 2 heterocycles. The minimum absolute atomic E-state index is 0.0633. The molecule has 1 aliphatic heterocycles. The van der Waals surface area contributed by atoms with E-state index < -0.39 is 29.1 Å². The molecular formula is C18H20F2N5O3+. The second-order valence-corrected chi connectivity index (χ2v) is 6.57. The number of amides is 1. The molecule has 0 aliphatic carbocycles. The lowest BCUT2D eigenvalue weighted by molar-refractivity contribution is 0.0692. The zero-order valence-electron chi connectivity index (χ0n) is 15.2. The molecule has 1 fully saturated rings. The average molecular weight is 392 g/mol. The molecule has 28 heavy (non-hydrogen) atoms. The van der Waals surface area contributed by atoms with Crippen LogP contribution in [0.5, 0.6) is 0 Å². The summed E-state index contributed by atoms with van der Waals surface area (Å²) in [7, 11) is 0. The highest BCUT2D eigenvalue weighted by atomic mass is 19.2. The van der Waals surface area contributed by atoms with Gasteiger partial charge in [0.15, 0.2) is 17.3 Å². The maximum atomic E-state index is 13.8. The summed E-state index contributed by atoms with van der Waals surface area (Å²) in [5, 5.41) is 22.8. The Kier molecular flexibility index (Phi) is 5.61. The van der Waals surface area contributed by atoms with Crippen molar-refractivity contribution in [2.45, 2.75) is 13.3 Å². The van der Waals surface area contributed by atoms with Gasteiger partial charge in [-0.1, -0.05) is 12.0 Å². The first-order chi connectivity index (χ1) is 13.4. The summed E-state index contributed by atoms with van der Waals surface area (Å²) in [5.74, 6) is -4.60. The first-order valence-corrected chi connectivity index (χ1v) is 8.81. The Morgan fingerprint density at radius 3 is 2.61 bits per heavy atom. The second-order valence-electron chi connectivity index (χ2n) is 6.57. The fourth-order valence-electron chi connectivity index (χ4n) is 3.34. The first kappa shape index (κ1) is 19.8. The highest BCUT2D eigenvalue weighted by Crippen LogP contribution is 2.24. The minimum atomic E-state index is -1.69. The van der Waals surface area contributed by atoms with Gasteiger partial charge in [-0.15, -0.1) is 5.10 Å². The van der Waals surface area contributed by atoms with Gasteiger partial charge in [-0.25, -0.2) is 13.6 Å². The number of nitrogens with zero attached hydrogens (tertiary/aromatic N) is 3. The van der Waals surface area contributed by atoms with Crippen molar-refractivity contribution >= 4 is 23.4 Å². The smallest absolute Gasteiger partial charge is 0.340 e. The Bertz CT molecular complexity index is 899. The van der Waals surface area contributed by atoms with E-state index in [1.807, 2.05) is 0 Å². The zero-order valence-corrected chi connectivity index (χ0v) is 15.2. The van der Waals surface area contributed by atoms with Crippen LogP contribution in [-0.2, 0) is 0 Å². The van der Waals surface area contributed by atoms with E-state index in [2.05, 4.69) is 27.8 Å². The number of carbonyl (C=O) groups excluding carboxylic acids is 1. The molecule has 3 N–H and O–H groups in total. The minimum Gasteiger partial charge on any atom is -0.478 e. The molecule has 0 bridgehead atoms. The molecule has 0 saturated carbocycles. The molecule has 10 heteroatoms. The van der Waals surface area contributed by atoms with Gasteiger partial charge in [-0.3, -0.25) is 14.6 Å². The number of anilines is 1. The maximum Gasteiger partial charge on any atom is 0.340 e. The summed E-state index contributed by atoms with van der Waals surface area (Å²) in [5.41, 5.74) is -1.37. The number of aromatic carboxylic acids is 1. The van der Waals surface area contributed by atoms with Gasteiger partial charge >= 0.3 is 5.97 Å². The van der Waals surface area contributed by atoms with Gasteiger partial charge in [0.25, 0.3) is 5.91 Å². The number of quaternary nitrogens is 1. The lowest BCUT2D eigenvalue weighted by atomic mass is 10.1. The number of hydrogen-bond acceptors (Lipinski definition) is 5. The van der Waals surface area contributed by atoms with Crippen molar-refractivity contribution in [3.8, 4) is 0 Å². The second kappa shape index (κ2) is 7.95. The summed E-state index contributed by atoms with van der Waals surface area (Å²) in [6.45, 7) is 5.41. The normalized spacial score (nSPS) is 18.8. The Labute approximate surface area is 159 Å². The van der Waals surface area contributed by atoms with Crippen molar-refractivity contribution in [1.29, 1.82) is 0 Å². The molecule has 0 spiro atoms. The van der Waals surface area contributed by atoms with Crippen molar-refractivity contribution in [2.75, 3.05) is 31.6 Å². The number of hydrogen-bond donors (Lipinski definition) is 3. The number of aromatic nitrogens is 2. The number of carbonyl (C=O) groups is 2. The van der Waals surface area contributed by atoms with Crippen LogP contribution in [0.1, 0.15) is 34.2 Å². The van der Waals surface area contributed by atoms with Gasteiger partial charge < -0.3 is 10.4 Å². The van der Waals surface area contributed by atoms with E-state index in [0.29, 0.717) is 4.48 Å². The summed E-state index contributed by atoms with van der Waals surface area (Å²) in [4.78, 5) is 23.6. The molecule has 1 aromatic carbocycles. The third-order valence-corrected chi connectivity index (χ3v) is 4.71. The molecule has 3 rings (SSSR count). The van der Waals surface area contributed by atoms with Crippen LogP contribution >= 0.6 is 0 Å². The van der Waals surface area contributed by atoms with Crippen LogP contribution in [0.4, 0.5) is 20.3 Å². The number of carboxylic acids is 1. The predicted molar refractivity (Wildman–Crippen MR) is 98.0 cm³/mol. The van der Waals surface area contributed by atoms with E-state index in [0.717, 1.165) is 50.7 Å². The lowest BCUT2D eigenvalue weighted by Crippen LogP contribution is -2.49. The van der Waals surface area contributed by atoms with Crippen LogP contribution in [0.3, 0.4) is 0 Å². The molecular weight excluding hydrogens is 372 g/mol. The number of rotatable bonds is 6. The molecule has 2 aromatic rings. The molecule has 1 aromatic heterocycles. The highest BCUT2D eigenvalue weighted by molar-refractivity contribution is 6.06. The topological polar surface area (TPSA) is 104 Å². The van der Waals surface area contributed by atoms with E-state index >= 15 is 0 Å². The van der Waals surface area contributed by atoms with Gasteiger partial charge in [-0.05, 0) is 24.6 Å². The number of carboxylic acid groups (broad SMARTS) is 1. The summed E-state index contributed by atoms with van der Waals surface area (Å²) in [6, 6.07) is 4.91. The summed E-state index contributed by atoms with van der Waals surface area (Å²) in [6.07, 6.45) is 0.958. The Balaban J connectivity index is 1.83. The average Bonchev–Trinajstić information content (AvgIpc) is 3.15. The quantitative estimate of drug-likeness (QED) is 0.650. The van der Waals surface area contributed by atoms with E-state index in [1.54, 1.807) is 6.07 Å². The van der Waals surface area contributed by atoms with Crippen molar-refractivity contribution in [3.63, 3.8) is 0 Å². The van der Waals surface area contributed by atoms with E-state index in [-0.39, 0.29) is 11.4 Å². The SMILES string of the molecule is CCC[N+]1(c2ccc(C(=O)Nc3ccc(F)c(F)c3C(=O)O)nn2)CCNC1. The van der Waals surface area contributed by atoms with E-state index in [9.17, 15) is 18.4 Å². The third-order valence-electron chi connectivity index (χ3n) is 4.71. The standard InChI is InChI=1S/C18H19F2N5O3/c1-2-8-25(9-7-21-10-25)14-6-5-13(23-24-14)17(26)22-12-4-3-11(19)16(20)15(12)18(27)28/h3-6,21H,2,7-10H2,1H3,(H-,22,26,27,28)/p+1. The summed E-state index contributed by atoms with van der Waals surface area (Å²) < 4.78 is 27.7. The van der Waals surface area contributed by atoms with Gasteiger partial charge in [0, 0.05) is 6.07 Å². The number of nitrogens with one attached hydrogen (secondary N) is 2. The van der Waals surface area contributed by atoms with Gasteiger partial charge in [0.2, 0.25) is 5.82 Å². The molecule has 1 amide bonds. The third kappa shape index (κ3) is 3.69. The highest BCUT2D eigenvalue weighted by Gasteiger charge is 2.35. The molecule has 1 unspecified atom stereocenters. The molecule has 1 aliphatic rings. The van der Waals surface area contributed by atoms with Crippen LogP contribution in [0.2, 0.25) is 0 Å². The molecule has 1 saturated heterocycles. The Hall–Kier alpha value is -2.98. The fourth-order valence-corrected chi connectivity index (χ4v) is 3.34. The van der Waals surface area contributed by atoms with Crippen molar-refractivity contribution in [1.82, 2.24) is 20.0 Å². The molecule has 8 nitrogen and oxygen atoms in total. The first-order valence-electron chi connectivity index (χ1n) is 8.81. The molecule has 1 atom stereocenters. The van der Waals surface area contributed by atoms with Gasteiger partial charge in [-0.2, -0.15) is 0 Å². The van der Waals surface area contributed by atoms with Gasteiger partial charge in [0.05, 0.1) is 25.3 Å². The van der Waals surface area contributed by atoms with Crippen LogP contribution in [0.15, 0.2) is 24.3 Å². The molecule has 148 valence electrons. The van der Waals surface area contributed by atoms with Gasteiger partial charge in [0.1, 0.15) is 12.2 Å². The van der Waals surface area contributed by atoms with Crippen molar-refractivity contribution in [2.24, 2.45) is 0 Å². The van der Waals surface area contributed by atoms with Crippen LogP contribution in [-0.4, -0.2) is 53.5 Å². The van der Waals surface area contributed by atoms with E-state index in [4.69, 9.17) is 5.11 Å².